The van der Waals surface area contributed by atoms with Gasteiger partial charge in [-0.25, -0.2) is 0 Å². The van der Waals surface area contributed by atoms with Crippen molar-refractivity contribution in [1.82, 2.24) is 0 Å². The maximum Gasteiger partial charge on any atom is 0.426 e. The van der Waals surface area contributed by atoms with E-state index in [-0.39, 0.29) is 33.1 Å². The minimum atomic E-state index is -5.67. The van der Waals surface area contributed by atoms with Gasteiger partial charge in [0.05, 0.1) is 7.11 Å². The highest BCUT2D eigenvalue weighted by atomic mass is 19.4. The molecule has 194 valence electrons. The van der Waals surface area contributed by atoms with Crippen molar-refractivity contribution in [2.24, 2.45) is 23.2 Å². The fraction of sp³-hybridized carbons (Fsp3) is 0.950. The molecule has 0 saturated heterocycles. The number of esters is 1. The molecule has 4 unspecified atom stereocenters. The lowest BCUT2D eigenvalue weighted by Crippen LogP contribution is -2.58. The summed E-state index contributed by atoms with van der Waals surface area (Å²) in [5.41, 5.74) is -6.93. The fourth-order valence-corrected chi connectivity index (χ4v) is 4.08. The summed E-state index contributed by atoms with van der Waals surface area (Å²) in [5, 5.41) is 9.12. The molecule has 2 aliphatic rings. The number of methoxy groups -OCH3 is 1. The van der Waals surface area contributed by atoms with Crippen LogP contribution in [0.1, 0.15) is 67.2 Å². The third-order valence-electron chi connectivity index (χ3n) is 6.35. The van der Waals surface area contributed by atoms with Gasteiger partial charge in [0.25, 0.3) is 5.60 Å². The lowest BCUT2D eigenvalue weighted by atomic mass is 9.79. The first kappa shape index (κ1) is 33.0. The van der Waals surface area contributed by atoms with E-state index in [9.17, 15) is 44.3 Å². The van der Waals surface area contributed by atoms with Crippen LogP contribution in [0.4, 0.5) is 39.5 Å². The highest BCUT2D eigenvalue weighted by Crippen LogP contribution is 2.55. The number of carbonyl (C=O) groups excluding carboxylic acids is 1. The minimum absolute atomic E-state index is 0. The molecule has 32 heavy (non-hydrogen) atoms. The van der Waals surface area contributed by atoms with Gasteiger partial charge in [0.15, 0.2) is 5.41 Å². The number of rotatable bonds is 4. The predicted octanol–water partition coefficient (Wildman–Crippen LogP) is 7.08. The van der Waals surface area contributed by atoms with Crippen molar-refractivity contribution in [3.63, 3.8) is 0 Å². The van der Waals surface area contributed by atoms with E-state index in [2.05, 4.69) is 4.74 Å². The molecule has 2 aliphatic carbocycles. The second-order valence-electron chi connectivity index (χ2n) is 8.17. The van der Waals surface area contributed by atoms with Gasteiger partial charge in [-0.2, -0.15) is 39.5 Å². The van der Waals surface area contributed by atoms with Gasteiger partial charge < -0.3 is 9.84 Å². The molecule has 4 atom stereocenters. The Bertz CT molecular complexity index is 585. The molecule has 0 aromatic heterocycles. The van der Waals surface area contributed by atoms with Gasteiger partial charge in [-0.3, -0.25) is 4.79 Å². The van der Waals surface area contributed by atoms with Gasteiger partial charge in [0.2, 0.25) is 0 Å². The summed E-state index contributed by atoms with van der Waals surface area (Å²) in [5.74, 6) is -1.76. The fourth-order valence-electron chi connectivity index (χ4n) is 4.08. The van der Waals surface area contributed by atoms with E-state index in [0.717, 1.165) is 20.5 Å². The number of alkyl halides is 9. The molecule has 0 aromatic rings. The Balaban J connectivity index is 0. The molecule has 2 bridgehead atoms. The monoisotopic (exact) mass is 492 g/mol. The smallest absolute Gasteiger partial charge is 0.426 e. The van der Waals surface area contributed by atoms with Crippen LogP contribution in [0, 0.1) is 23.2 Å². The Morgan fingerprint density at radius 1 is 0.906 bits per heavy atom. The number of hydrogen-bond acceptors (Lipinski definition) is 3. The zero-order chi connectivity index (χ0) is 23.8. The summed E-state index contributed by atoms with van der Waals surface area (Å²) < 4.78 is 116. The van der Waals surface area contributed by atoms with Crippen LogP contribution >= 0.6 is 0 Å². The first-order valence-electron chi connectivity index (χ1n) is 9.35. The molecule has 2 fully saturated rings. The summed E-state index contributed by atoms with van der Waals surface area (Å²) in [7, 11) is 0.946. The SMILES string of the molecule is C.C.CCC(C)(C(=O)OC)C(F)(F)F.OC(CC1CC2CCC1C2)(C(F)(F)F)C(F)(F)F. The number of ether oxygens (including phenoxy) is 1. The quantitative estimate of drug-likeness (QED) is 0.337. The van der Waals surface area contributed by atoms with E-state index in [1.54, 1.807) is 0 Å². The van der Waals surface area contributed by atoms with Crippen molar-refractivity contribution in [3.05, 3.63) is 0 Å². The Labute approximate surface area is 182 Å². The topological polar surface area (TPSA) is 46.5 Å². The summed E-state index contributed by atoms with van der Waals surface area (Å²) in [6.07, 6.45) is -14.8. The third kappa shape index (κ3) is 6.44. The molecule has 0 aliphatic heterocycles. The standard InChI is InChI=1S/C11H14F6O.C7H11F3O2.2CH4/c12-10(13,14)9(18,11(15,16)17)5-8-4-6-1-2-7(8)3-6;1-4-6(2,5(11)12-3)7(8,9)10;;/h6-8,18H,1-5H2;4H2,1-3H3;2*1H4. The van der Waals surface area contributed by atoms with Crippen LogP contribution in [-0.4, -0.2) is 42.3 Å². The molecule has 0 heterocycles. The highest BCUT2D eigenvalue weighted by molar-refractivity contribution is 5.77. The molecule has 2 saturated carbocycles. The van der Waals surface area contributed by atoms with Gasteiger partial charge in [-0.15, -0.1) is 0 Å². The number of fused-ring (bicyclic) bond motifs is 2. The second kappa shape index (κ2) is 10.8. The van der Waals surface area contributed by atoms with Crippen molar-refractivity contribution in [2.45, 2.75) is 91.4 Å². The van der Waals surface area contributed by atoms with E-state index < -0.39 is 47.9 Å². The summed E-state index contributed by atoms with van der Waals surface area (Å²) in [6, 6.07) is 0. The summed E-state index contributed by atoms with van der Waals surface area (Å²) in [6.45, 7) is 2.13. The molecule has 2 rings (SSSR count). The van der Waals surface area contributed by atoms with Crippen LogP contribution in [0.25, 0.3) is 0 Å². The van der Waals surface area contributed by atoms with Crippen LogP contribution < -0.4 is 0 Å². The van der Waals surface area contributed by atoms with Crippen LogP contribution in [0.5, 0.6) is 0 Å². The van der Waals surface area contributed by atoms with Crippen LogP contribution in [0.3, 0.4) is 0 Å². The average Bonchev–Trinajstić information content (AvgIpc) is 3.20. The molecular formula is C20H33F9O3. The van der Waals surface area contributed by atoms with Gasteiger partial charge in [0, 0.05) is 0 Å². The van der Waals surface area contributed by atoms with Gasteiger partial charge in [-0.05, 0) is 56.8 Å². The molecule has 1 N–H and O–H groups in total. The Morgan fingerprint density at radius 3 is 1.59 bits per heavy atom. The molecule has 0 amide bonds. The minimum Gasteiger partial charge on any atom is -0.468 e. The van der Waals surface area contributed by atoms with Crippen molar-refractivity contribution >= 4 is 5.97 Å². The van der Waals surface area contributed by atoms with E-state index in [1.165, 1.54) is 6.92 Å². The number of halogens is 9. The molecule has 0 spiro atoms. The van der Waals surface area contributed by atoms with Crippen LogP contribution in [-0.2, 0) is 9.53 Å². The maximum atomic E-state index is 12.5. The Morgan fingerprint density at radius 2 is 1.38 bits per heavy atom. The van der Waals surface area contributed by atoms with Crippen LogP contribution in [0.15, 0.2) is 0 Å². The molecule has 3 nitrogen and oxygen atoms in total. The van der Waals surface area contributed by atoms with Crippen LogP contribution in [0.2, 0.25) is 0 Å². The van der Waals surface area contributed by atoms with E-state index in [1.807, 2.05) is 0 Å². The van der Waals surface area contributed by atoms with E-state index in [4.69, 9.17) is 5.11 Å². The number of carbonyl (C=O) groups is 1. The third-order valence-corrected chi connectivity index (χ3v) is 6.35. The summed E-state index contributed by atoms with van der Waals surface area (Å²) >= 11 is 0. The zero-order valence-corrected chi connectivity index (χ0v) is 16.6. The van der Waals surface area contributed by atoms with Crippen molar-refractivity contribution in [3.8, 4) is 0 Å². The number of aliphatic hydroxyl groups is 1. The summed E-state index contributed by atoms with van der Waals surface area (Å²) in [4.78, 5) is 10.8. The Kier molecular flexibility index (Phi) is 11.1. The maximum absolute atomic E-state index is 12.5. The predicted molar refractivity (Wildman–Crippen MR) is 101 cm³/mol. The van der Waals surface area contributed by atoms with Crippen molar-refractivity contribution in [2.75, 3.05) is 7.11 Å². The van der Waals surface area contributed by atoms with Crippen molar-refractivity contribution < 1.29 is 54.2 Å². The molecule has 12 heteroatoms. The lowest BCUT2D eigenvalue weighted by Gasteiger charge is -2.36. The van der Waals surface area contributed by atoms with Gasteiger partial charge in [-0.1, -0.05) is 28.2 Å². The molecule has 0 radical (unpaired) electrons. The highest BCUT2D eigenvalue weighted by Gasteiger charge is 2.71. The van der Waals surface area contributed by atoms with Gasteiger partial charge in [0.1, 0.15) is 0 Å². The zero-order valence-electron chi connectivity index (χ0n) is 16.6. The van der Waals surface area contributed by atoms with Gasteiger partial charge >= 0.3 is 24.5 Å². The van der Waals surface area contributed by atoms with E-state index >= 15 is 0 Å². The van der Waals surface area contributed by atoms with Crippen molar-refractivity contribution in [1.29, 1.82) is 0 Å². The molecular weight excluding hydrogens is 459 g/mol. The first-order valence-corrected chi connectivity index (χ1v) is 9.35. The average molecular weight is 492 g/mol. The lowest BCUT2D eigenvalue weighted by molar-refractivity contribution is -0.373. The largest absolute Gasteiger partial charge is 0.468 e. The Hall–Kier alpha value is -1.20. The van der Waals surface area contributed by atoms with E-state index in [0.29, 0.717) is 19.3 Å². The normalized spacial score (nSPS) is 25.0. The first-order chi connectivity index (χ1) is 13.3. The molecule has 0 aromatic carbocycles. The number of hydrogen-bond donors (Lipinski definition) is 1. The second-order valence-corrected chi connectivity index (χ2v) is 8.17.